The fraction of sp³-hybridized carbons (Fsp3) is 0.0500. The molecule has 0 aliphatic heterocycles. The molecule has 2 aromatic heterocycles. The van der Waals surface area contributed by atoms with Gasteiger partial charge in [0.1, 0.15) is 17.4 Å². The van der Waals surface area contributed by atoms with Crippen molar-refractivity contribution in [1.29, 1.82) is 5.26 Å². The maximum absolute atomic E-state index is 13.8. The van der Waals surface area contributed by atoms with Crippen molar-refractivity contribution < 1.29 is 12.8 Å². The first-order valence-electron chi connectivity index (χ1n) is 8.77. The minimum atomic E-state index is -3.56. The number of nitrogens with one attached hydrogen (secondary N) is 2. The molecule has 0 spiro atoms. The third kappa shape index (κ3) is 3.59. The van der Waals surface area contributed by atoms with E-state index in [1.54, 1.807) is 42.6 Å². The van der Waals surface area contributed by atoms with Crippen molar-refractivity contribution in [3.8, 4) is 17.2 Å². The van der Waals surface area contributed by atoms with E-state index in [0.29, 0.717) is 11.2 Å². The first-order chi connectivity index (χ1) is 14.4. The number of halogens is 1. The second-order valence-electron chi connectivity index (χ2n) is 6.29. The van der Waals surface area contributed by atoms with Crippen molar-refractivity contribution >= 4 is 27.3 Å². The van der Waals surface area contributed by atoms with Crippen LogP contribution in [-0.2, 0) is 10.0 Å². The number of benzene rings is 2. The molecule has 10 heteroatoms. The smallest absolute Gasteiger partial charge is 0.247 e. The summed E-state index contributed by atoms with van der Waals surface area (Å²) in [5, 5.41) is 16.3. The summed E-state index contributed by atoms with van der Waals surface area (Å²) in [7, 11) is -2.21. The van der Waals surface area contributed by atoms with Crippen LogP contribution in [0, 0.1) is 17.1 Å². The average Bonchev–Trinajstić information content (AvgIpc) is 3.15. The van der Waals surface area contributed by atoms with Gasteiger partial charge < -0.3 is 5.32 Å². The number of anilines is 2. The van der Waals surface area contributed by atoms with Crippen LogP contribution >= 0.6 is 0 Å². The molecule has 0 atom stereocenters. The number of rotatable bonds is 5. The highest BCUT2D eigenvalue weighted by atomic mass is 32.2. The van der Waals surface area contributed by atoms with E-state index in [1.807, 2.05) is 6.07 Å². The number of sulfonamides is 1. The molecule has 4 rings (SSSR count). The fourth-order valence-corrected chi connectivity index (χ4v) is 3.71. The van der Waals surface area contributed by atoms with Gasteiger partial charge in [-0.25, -0.2) is 22.0 Å². The quantitative estimate of drug-likeness (QED) is 0.511. The minimum absolute atomic E-state index is 0.125. The van der Waals surface area contributed by atoms with Crippen LogP contribution in [0.1, 0.15) is 5.56 Å². The van der Waals surface area contributed by atoms with Crippen molar-refractivity contribution in [3.05, 3.63) is 72.2 Å². The summed E-state index contributed by atoms with van der Waals surface area (Å²) >= 11 is 0. The zero-order valence-electron chi connectivity index (χ0n) is 15.7. The third-order valence-electron chi connectivity index (χ3n) is 4.45. The molecule has 0 aliphatic carbocycles. The predicted octanol–water partition coefficient (Wildman–Crippen LogP) is 3.06. The molecule has 0 aliphatic rings. The van der Waals surface area contributed by atoms with Crippen molar-refractivity contribution in [1.82, 2.24) is 19.3 Å². The lowest BCUT2D eigenvalue weighted by Gasteiger charge is -2.06. The van der Waals surface area contributed by atoms with Gasteiger partial charge in [-0.05, 0) is 49.0 Å². The number of pyridine rings is 1. The number of nitrogens with zero attached hydrogens (tertiary/aromatic N) is 4. The Kier molecular flexibility index (Phi) is 4.91. The lowest BCUT2D eigenvalue weighted by Crippen LogP contribution is -2.18. The first-order valence-corrected chi connectivity index (χ1v) is 10.3. The molecule has 30 heavy (non-hydrogen) atoms. The third-order valence-corrected chi connectivity index (χ3v) is 5.86. The van der Waals surface area contributed by atoms with E-state index in [1.165, 1.54) is 29.8 Å². The summed E-state index contributed by atoms with van der Waals surface area (Å²) in [4.78, 5) is 4.47. The fourth-order valence-electron chi connectivity index (χ4n) is 2.93. The highest BCUT2D eigenvalue weighted by Gasteiger charge is 2.14. The van der Waals surface area contributed by atoms with Crippen molar-refractivity contribution in [2.45, 2.75) is 4.90 Å². The van der Waals surface area contributed by atoms with Gasteiger partial charge >= 0.3 is 0 Å². The van der Waals surface area contributed by atoms with Crippen LogP contribution in [-0.4, -0.2) is 30.1 Å². The topological polar surface area (TPSA) is 112 Å². The summed E-state index contributed by atoms with van der Waals surface area (Å²) in [5.74, 6) is -0.439. The van der Waals surface area contributed by atoms with Gasteiger partial charge in [0.25, 0.3) is 0 Å². The molecule has 0 saturated heterocycles. The first kappa shape index (κ1) is 19.5. The molecular formula is C20H15FN6O2S. The molecule has 2 aromatic carbocycles. The summed E-state index contributed by atoms with van der Waals surface area (Å²) in [6.07, 6.45) is 1.70. The van der Waals surface area contributed by atoms with Crippen LogP contribution in [0.3, 0.4) is 0 Å². The van der Waals surface area contributed by atoms with Gasteiger partial charge in [0, 0.05) is 11.8 Å². The van der Waals surface area contributed by atoms with E-state index >= 15 is 0 Å². The normalized spacial score (nSPS) is 11.4. The van der Waals surface area contributed by atoms with Gasteiger partial charge in [-0.1, -0.05) is 18.2 Å². The van der Waals surface area contributed by atoms with Gasteiger partial charge in [-0.15, -0.1) is 5.10 Å². The van der Waals surface area contributed by atoms with Gasteiger partial charge in [0.15, 0.2) is 5.65 Å². The molecule has 0 bridgehead atoms. The van der Waals surface area contributed by atoms with E-state index in [-0.39, 0.29) is 22.1 Å². The van der Waals surface area contributed by atoms with E-state index in [2.05, 4.69) is 20.1 Å². The van der Waals surface area contributed by atoms with Crippen LogP contribution < -0.4 is 10.0 Å². The highest BCUT2D eigenvalue weighted by molar-refractivity contribution is 7.89. The van der Waals surface area contributed by atoms with Gasteiger partial charge in [-0.3, -0.25) is 0 Å². The Morgan fingerprint density at radius 3 is 2.67 bits per heavy atom. The number of fused-ring (bicyclic) bond motifs is 1. The van der Waals surface area contributed by atoms with Crippen molar-refractivity contribution in [2.24, 2.45) is 0 Å². The Labute approximate surface area is 171 Å². The molecule has 0 amide bonds. The Bertz CT molecular complexity index is 1410. The zero-order chi connectivity index (χ0) is 21.3. The second-order valence-corrected chi connectivity index (χ2v) is 8.18. The number of aromatic nitrogens is 3. The molecule has 8 nitrogen and oxygen atoms in total. The summed E-state index contributed by atoms with van der Waals surface area (Å²) in [6, 6.07) is 16.1. The van der Waals surface area contributed by atoms with Gasteiger partial charge in [0.2, 0.25) is 16.0 Å². The zero-order valence-corrected chi connectivity index (χ0v) is 16.5. The van der Waals surface area contributed by atoms with Crippen molar-refractivity contribution in [3.63, 3.8) is 0 Å². The molecule has 4 aromatic rings. The van der Waals surface area contributed by atoms with Gasteiger partial charge in [-0.2, -0.15) is 10.2 Å². The molecule has 0 unspecified atom stereocenters. The average molecular weight is 422 g/mol. The van der Waals surface area contributed by atoms with E-state index in [9.17, 15) is 12.8 Å². The minimum Gasteiger partial charge on any atom is -0.322 e. The standard InChI is InChI=1S/C20H15FN6O2S/c1-23-30(28,29)15-5-2-4-13(10-15)14-8-9-19-25-20(26-27(19)12-14)24-18-7-3-6-17(21)16(18)11-22/h2-10,12,23H,1H3,(H,24,26). The highest BCUT2D eigenvalue weighted by Crippen LogP contribution is 2.24. The molecule has 150 valence electrons. The summed E-state index contributed by atoms with van der Waals surface area (Å²) < 4.78 is 41.7. The SMILES string of the molecule is CNS(=O)(=O)c1cccc(-c2ccc3nc(Nc4cccc(F)c4C#N)nn3c2)c1. The van der Waals surface area contributed by atoms with Crippen LogP contribution in [0.2, 0.25) is 0 Å². The second kappa shape index (κ2) is 7.55. The molecule has 2 N–H and O–H groups in total. The maximum atomic E-state index is 13.8. The van der Waals surface area contributed by atoms with E-state index in [4.69, 9.17) is 5.26 Å². The van der Waals surface area contributed by atoms with Crippen LogP contribution in [0.25, 0.3) is 16.8 Å². The Hall–Kier alpha value is -3.81. The number of nitriles is 1. The molecule has 0 saturated carbocycles. The Morgan fingerprint density at radius 2 is 1.90 bits per heavy atom. The molecular weight excluding hydrogens is 407 g/mol. The largest absolute Gasteiger partial charge is 0.322 e. The lowest BCUT2D eigenvalue weighted by atomic mass is 10.1. The Balaban J connectivity index is 1.70. The lowest BCUT2D eigenvalue weighted by molar-refractivity contribution is 0.588. The number of hydrogen-bond donors (Lipinski definition) is 2. The number of hydrogen-bond acceptors (Lipinski definition) is 6. The van der Waals surface area contributed by atoms with E-state index < -0.39 is 15.8 Å². The predicted molar refractivity (Wildman–Crippen MR) is 109 cm³/mol. The van der Waals surface area contributed by atoms with Crippen molar-refractivity contribution in [2.75, 3.05) is 12.4 Å². The van der Waals surface area contributed by atoms with Crippen LogP contribution in [0.5, 0.6) is 0 Å². The van der Waals surface area contributed by atoms with Crippen LogP contribution in [0.4, 0.5) is 16.0 Å². The Morgan fingerprint density at radius 1 is 1.10 bits per heavy atom. The monoisotopic (exact) mass is 422 g/mol. The maximum Gasteiger partial charge on any atom is 0.247 e. The van der Waals surface area contributed by atoms with Gasteiger partial charge in [0.05, 0.1) is 10.6 Å². The molecule has 0 radical (unpaired) electrons. The summed E-state index contributed by atoms with van der Waals surface area (Å²) in [6.45, 7) is 0. The summed E-state index contributed by atoms with van der Waals surface area (Å²) in [5.41, 5.74) is 2.08. The van der Waals surface area contributed by atoms with Crippen LogP contribution in [0.15, 0.2) is 65.7 Å². The molecule has 0 fully saturated rings. The molecule has 2 heterocycles. The van der Waals surface area contributed by atoms with E-state index in [0.717, 1.165) is 5.56 Å².